The highest BCUT2D eigenvalue weighted by molar-refractivity contribution is 7.98. The first-order valence-corrected chi connectivity index (χ1v) is 11.7. The standard InChI is InChI=1S/C25H28N4OS/c1-18-4-6-20(7-5-18)16-29-17-22-12-21(15-27-24(22)28(2)25(29)30)14-26-13-19-8-10-23(31-3)11-9-19/h4-12,15,26H,13-14,16-17H2,1-3H3. The molecular formula is C25H28N4OS. The molecule has 1 N–H and O–H groups in total. The van der Waals surface area contributed by atoms with Gasteiger partial charge >= 0.3 is 6.03 Å². The number of nitrogens with zero attached hydrogens (tertiary/aromatic N) is 3. The van der Waals surface area contributed by atoms with E-state index in [4.69, 9.17) is 0 Å². The minimum absolute atomic E-state index is 0.0138. The lowest BCUT2D eigenvalue weighted by atomic mass is 10.1. The van der Waals surface area contributed by atoms with Gasteiger partial charge in [0.25, 0.3) is 0 Å². The average Bonchev–Trinajstić information content (AvgIpc) is 2.79. The van der Waals surface area contributed by atoms with Crippen molar-refractivity contribution >= 4 is 23.6 Å². The molecule has 2 amide bonds. The molecule has 5 nitrogen and oxygen atoms in total. The molecule has 0 spiro atoms. The van der Waals surface area contributed by atoms with Crippen LogP contribution in [0.1, 0.15) is 27.8 Å². The highest BCUT2D eigenvalue weighted by Crippen LogP contribution is 2.27. The molecule has 0 saturated heterocycles. The van der Waals surface area contributed by atoms with Gasteiger partial charge in [-0.05, 0) is 48.1 Å². The quantitative estimate of drug-likeness (QED) is 0.535. The molecule has 2 aromatic carbocycles. The van der Waals surface area contributed by atoms with E-state index < -0.39 is 0 Å². The van der Waals surface area contributed by atoms with Crippen molar-refractivity contribution in [3.8, 4) is 0 Å². The molecule has 0 fully saturated rings. The zero-order chi connectivity index (χ0) is 21.8. The van der Waals surface area contributed by atoms with Gasteiger partial charge in [-0.25, -0.2) is 9.78 Å². The maximum atomic E-state index is 12.8. The second-order valence-electron chi connectivity index (χ2n) is 7.96. The molecule has 0 saturated carbocycles. The Morgan fingerprint density at radius 3 is 2.39 bits per heavy atom. The van der Waals surface area contributed by atoms with Gasteiger partial charge in [-0.1, -0.05) is 42.0 Å². The number of fused-ring (bicyclic) bond motifs is 1. The van der Waals surface area contributed by atoms with Gasteiger partial charge in [-0.2, -0.15) is 0 Å². The van der Waals surface area contributed by atoms with Gasteiger partial charge in [-0.3, -0.25) is 4.90 Å². The number of carbonyl (C=O) groups is 1. The molecule has 6 heteroatoms. The van der Waals surface area contributed by atoms with Crippen molar-refractivity contribution < 1.29 is 4.79 Å². The summed E-state index contributed by atoms with van der Waals surface area (Å²) in [5, 5.41) is 3.50. The second kappa shape index (κ2) is 9.54. The summed E-state index contributed by atoms with van der Waals surface area (Å²) < 4.78 is 0. The van der Waals surface area contributed by atoms with Crippen molar-refractivity contribution in [2.24, 2.45) is 0 Å². The Morgan fingerprint density at radius 2 is 1.68 bits per heavy atom. The number of carbonyl (C=O) groups excluding carboxylic acids is 1. The molecule has 1 aromatic heterocycles. The van der Waals surface area contributed by atoms with Crippen LogP contribution in [0, 0.1) is 6.92 Å². The Labute approximate surface area is 188 Å². The molecule has 0 atom stereocenters. The number of benzene rings is 2. The zero-order valence-corrected chi connectivity index (χ0v) is 19.1. The van der Waals surface area contributed by atoms with Gasteiger partial charge in [-0.15, -0.1) is 11.8 Å². The number of hydrogen-bond donors (Lipinski definition) is 1. The van der Waals surface area contributed by atoms with Crippen LogP contribution in [0.5, 0.6) is 0 Å². The number of hydrogen-bond acceptors (Lipinski definition) is 4. The lowest BCUT2D eigenvalue weighted by Gasteiger charge is -2.34. The molecule has 0 radical (unpaired) electrons. The number of urea groups is 1. The summed E-state index contributed by atoms with van der Waals surface area (Å²) in [7, 11) is 1.80. The van der Waals surface area contributed by atoms with E-state index in [1.54, 1.807) is 23.7 Å². The van der Waals surface area contributed by atoms with Crippen LogP contribution in [0.4, 0.5) is 10.6 Å². The van der Waals surface area contributed by atoms with Crippen molar-refractivity contribution in [2.75, 3.05) is 18.2 Å². The summed E-state index contributed by atoms with van der Waals surface area (Å²) in [5.74, 6) is 0.751. The Balaban J connectivity index is 1.41. The van der Waals surface area contributed by atoms with Crippen LogP contribution in [-0.4, -0.2) is 29.2 Å². The number of anilines is 1. The molecule has 0 bridgehead atoms. The highest BCUT2D eigenvalue weighted by Gasteiger charge is 2.29. The van der Waals surface area contributed by atoms with Gasteiger partial charge in [0.2, 0.25) is 0 Å². The van der Waals surface area contributed by atoms with Crippen molar-refractivity contribution in [2.45, 2.75) is 38.0 Å². The van der Waals surface area contributed by atoms with E-state index in [1.807, 2.05) is 11.1 Å². The number of thioether (sulfide) groups is 1. The Bertz CT molecular complexity index is 1050. The molecule has 160 valence electrons. The maximum Gasteiger partial charge on any atom is 0.326 e. The lowest BCUT2D eigenvalue weighted by Crippen LogP contribution is -2.45. The summed E-state index contributed by atoms with van der Waals surface area (Å²) in [4.78, 5) is 22.2. The molecule has 2 heterocycles. The fraction of sp³-hybridized carbons (Fsp3) is 0.280. The molecule has 31 heavy (non-hydrogen) atoms. The van der Waals surface area contributed by atoms with Crippen LogP contribution in [0.15, 0.2) is 65.7 Å². The third-order valence-electron chi connectivity index (χ3n) is 5.55. The normalized spacial score (nSPS) is 13.5. The van der Waals surface area contributed by atoms with Gasteiger partial charge in [0.1, 0.15) is 5.82 Å². The SMILES string of the molecule is CSc1ccc(CNCc2cnc3c(c2)CN(Cc2ccc(C)cc2)C(=O)N3C)cc1. The molecule has 4 rings (SSSR count). The monoisotopic (exact) mass is 432 g/mol. The number of aryl methyl sites for hydroxylation is 1. The van der Waals surface area contributed by atoms with Crippen LogP contribution >= 0.6 is 11.8 Å². The van der Waals surface area contributed by atoms with Gasteiger partial charge in [0, 0.05) is 43.3 Å². The number of amides is 2. The van der Waals surface area contributed by atoms with E-state index in [0.717, 1.165) is 35.6 Å². The predicted octanol–water partition coefficient (Wildman–Crippen LogP) is 4.97. The topological polar surface area (TPSA) is 48.5 Å². The molecule has 1 aliphatic heterocycles. The largest absolute Gasteiger partial charge is 0.326 e. The number of pyridine rings is 1. The van der Waals surface area contributed by atoms with Gasteiger partial charge < -0.3 is 10.2 Å². The highest BCUT2D eigenvalue weighted by atomic mass is 32.2. The fourth-order valence-corrected chi connectivity index (χ4v) is 4.18. The van der Waals surface area contributed by atoms with E-state index in [9.17, 15) is 4.79 Å². The first-order valence-electron chi connectivity index (χ1n) is 10.4. The smallest absolute Gasteiger partial charge is 0.316 e. The first-order chi connectivity index (χ1) is 15.0. The molecule has 3 aromatic rings. The van der Waals surface area contributed by atoms with Gasteiger partial charge in [0.05, 0.1) is 6.54 Å². The van der Waals surface area contributed by atoms with E-state index in [1.165, 1.54) is 16.0 Å². The maximum absolute atomic E-state index is 12.8. The third kappa shape index (κ3) is 5.09. The van der Waals surface area contributed by atoms with Crippen LogP contribution in [-0.2, 0) is 26.2 Å². The van der Waals surface area contributed by atoms with Crippen LogP contribution in [0.2, 0.25) is 0 Å². The van der Waals surface area contributed by atoms with Crippen LogP contribution < -0.4 is 10.2 Å². The van der Waals surface area contributed by atoms with Crippen molar-refractivity contribution in [1.29, 1.82) is 0 Å². The first kappa shape index (κ1) is 21.4. The predicted molar refractivity (Wildman–Crippen MR) is 127 cm³/mol. The van der Waals surface area contributed by atoms with E-state index in [2.05, 4.69) is 78.1 Å². The minimum atomic E-state index is -0.0138. The molecule has 1 aliphatic rings. The summed E-state index contributed by atoms with van der Waals surface area (Å²) in [5.41, 5.74) is 5.82. The van der Waals surface area contributed by atoms with Gasteiger partial charge in [0.15, 0.2) is 0 Å². The number of rotatable bonds is 7. The Kier molecular flexibility index (Phi) is 6.59. The minimum Gasteiger partial charge on any atom is -0.316 e. The third-order valence-corrected chi connectivity index (χ3v) is 6.29. The van der Waals surface area contributed by atoms with E-state index in [-0.39, 0.29) is 6.03 Å². The fourth-order valence-electron chi connectivity index (χ4n) is 3.78. The molecule has 0 unspecified atom stereocenters. The number of nitrogens with one attached hydrogen (secondary N) is 1. The van der Waals surface area contributed by atoms with Crippen molar-refractivity contribution in [1.82, 2.24) is 15.2 Å². The van der Waals surface area contributed by atoms with Crippen LogP contribution in [0.3, 0.4) is 0 Å². The van der Waals surface area contributed by atoms with Crippen LogP contribution in [0.25, 0.3) is 0 Å². The zero-order valence-electron chi connectivity index (χ0n) is 18.3. The summed E-state index contributed by atoms with van der Waals surface area (Å²) in [6, 6.07) is 19.1. The second-order valence-corrected chi connectivity index (χ2v) is 8.84. The Hall–Kier alpha value is -2.83. The molecule has 0 aliphatic carbocycles. The summed E-state index contributed by atoms with van der Waals surface area (Å²) in [6.07, 6.45) is 3.95. The Morgan fingerprint density at radius 1 is 1.00 bits per heavy atom. The summed E-state index contributed by atoms with van der Waals surface area (Å²) in [6.45, 7) is 4.78. The lowest BCUT2D eigenvalue weighted by molar-refractivity contribution is 0.196. The average molecular weight is 433 g/mol. The van der Waals surface area contributed by atoms with Crippen molar-refractivity contribution in [3.63, 3.8) is 0 Å². The summed E-state index contributed by atoms with van der Waals surface area (Å²) >= 11 is 1.75. The number of aromatic nitrogens is 1. The molecular weight excluding hydrogens is 404 g/mol. The van der Waals surface area contributed by atoms with E-state index in [0.29, 0.717) is 13.1 Å². The van der Waals surface area contributed by atoms with Crippen molar-refractivity contribution in [3.05, 3.63) is 88.6 Å². The van der Waals surface area contributed by atoms with E-state index >= 15 is 0 Å².